The molecule has 0 aromatic heterocycles. The minimum atomic E-state index is -4.77. The van der Waals surface area contributed by atoms with Crippen LogP contribution in [0.15, 0.2) is 0 Å². The lowest BCUT2D eigenvalue weighted by molar-refractivity contribution is -0.128. The monoisotopic (exact) mass is 388 g/mol. The summed E-state index contributed by atoms with van der Waals surface area (Å²) in [6.07, 6.45) is 5.10. The second-order valence-corrected chi connectivity index (χ2v) is 8.88. The Morgan fingerprint density at radius 3 is 2.62 bits per heavy atom. The molecule has 10 nitrogen and oxygen atoms in total. The molecule has 0 radical (unpaired) electrons. The molecule has 146 valence electrons. The average Bonchev–Trinajstić information content (AvgIpc) is 2.78. The smallest absolute Gasteiger partial charge is 0.352 e. The number of fused-ring (bicyclic) bond motifs is 2. The maximum Gasteiger partial charge on any atom is 0.418 e. The van der Waals surface area contributed by atoms with Gasteiger partial charge in [-0.25, -0.2) is 4.79 Å². The van der Waals surface area contributed by atoms with Crippen LogP contribution in [-0.2, 0) is 19.5 Å². The topological polar surface area (TPSA) is 128 Å². The first-order chi connectivity index (χ1) is 12.3. The van der Waals surface area contributed by atoms with Gasteiger partial charge in [0.25, 0.3) is 0 Å². The molecule has 2 atom stereocenters. The van der Waals surface area contributed by atoms with Gasteiger partial charge < -0.3 is 15.5 Å². The Bertz CT molecular complexity index is 699. The fraction of sp³-hybridized carbons (Fsp3) is 0.867. The highest BCUT2D eigenvalue weighted by molar-refractivity contribution is 7.80. The van der Waals surface area contributed by atoms with E-state index in [4.69, 9.17) is 4.55 Å². The number of piperidine rings is 2. The van der Waals surface area contributed by atoms with E-state index in [1.165, 1.54) is 4.90 Å². The first-order valence-corrected chi connectivity index (χ1v) is 10.4. The van der Waals surface area contributed by atoms with Gasteiger partial charge in [0.05, 0.1) is 6.04 Å². The van der Waals surface area contributed by atoms with E-state index in [1.807, 2.05) is 0 Å². The minimum Gasteiger partial charge on any atom is -0.352 e. The Hall–Kier alpha value is -1.43. The number of carbonyl (C=O) groups is 2. The predicted molar refractivity (Wildman–Crippen MR) is 89.1 cm³/mol. The summed E-state index contributed by atoms with van der Waals surface area (Å²) in [6, 6.07) is -1.66. The molecule has 3 N–H and O–H groups in total. The summed E-state index contributed by atoms with van der Waals surface area (Å²) >= 11 is 0. The Labute approximate surface area is 152 Å². The van der Waals surface area contributed by atoms with Crippen molar-refractivity contribution in [3.8, 4) is 0 Å². The third-order valence-electron chi connectivity index (χ3n) is 6.17. The maximum atomic E-state index is 12.7. The molecule has 0 aromatic carbocycles. The summed E-state index contributed by atoms with van der Waals surface area (Å²) in [7, 11) is -4.77. The minimum absolute atomic E-state index is 0.140. The number of urea groups is 1. The number of nitrogens with one attached hydrogen (secondary N) is 2. The highest BCUT2D eigenvalue weighted by atomic mass is 32.3. The molecule has 3 amide bonds. The first kappa shape index (κ1) is 18.0. The van der Waals surface area contributed by atoms with Crippen molar-refractivity contribution in [2.75, 3.05) is 19.6 Å². The molecule has 1 spiro atoms. The van der Waals surface area contributed by atoms with Crippen LogP contribution in [0.2, 0.25) is 0 Å². The second kappa shape index (κ2) is 6.32. The molecule has 26 heavy (non-hydrogen) atoms. The number of carbonyl (C=O) groups excluding carboxylic acids is 2. The molecular weight excluding hydrogens is 364 g/mol. The highest BCUT2D eigenvalue weighted by Crippen LogP contribution is 2.48. The molecule has 0 unspecified atom stereocenters. The van der Waals surface area contributed by atoms with Gasteiger partial charge in [-0.2, -0.15) is 13.5 Å². The van der Waals surface area contributed by atoms with E-state index in [2.05, 4.69) is 14.9 Å². The van der Waals surface area contributed by atoms with Crippen LogP contribution in [0.3, 0.4) is 0 Å². The summed E-state index contributed by atoms with van der Waals surface area (Å²) in [5, 5.41) is 7.06. The normalized spacial score (nSPS) is 31.2. The number of nitrogens with zero attached hydrogens (tertiary/aromatic N) is 2. The van der Waals surface area contributed by atoms with E-state index in [-0.39, 0.29) is 18.5 Å². The summed E-state index contributed by atoms with van der Waals surface area (Å²) < 4.78 is 35.0. The van der Waals surface area contributed by atoms with Crippen molar-refractivity contribution in [3.05, 3.63) is 0 Å². The first-order valence-electron chi connectivity index (χ1n) is 9.04. The van der Waals surface area contributed by atoms with Crippen molar-refractivity contribution in [2.45, 2.75) is 56.7 Å². The molecule has 4 fully saturated rings. The van der Waals surface area contributed by atoms with Gasteiger partial charge in [0.1, 0.15) is 6.04 Å². The molecule has 1 aliphatic carbocycles. The van der Waals surface area contributed by atoms with Gasteiger partial charge in [0, 0.05) is 12.6 Å². The highest BCUT2D eigenvalue weighted by Gasteiger charge is 2.51. The van der Waals surface area contributed by atoms with Crippen LogP contribution in [0.4, 0.5) is 4.79 Å². The summed E-state index contributed by atoms with van der Waals surface area (Å²) in [5.41, 5.74) is 0.352. The quantitative estimate of drug-likeness (QED) is 0.561. The average molecular weight is 388 g/mol. The predicted octanol–water partition coefficient (Wildman–Crippen LogP) is -0.362. The van der Waals surface area contributed by atoms with Crippen molar-refractivity contribution >= 4 is 22.3 Å². The fourth-order valence-electron chi connectivity index (χ4n) is 4.85. The van der Waals surface area contributed by atoms with Crippen LogP contribution in [-0.4, -0.2) is 72.6 Å². The van der Waals surface area contributed by atoms with E-state index >= 15 is 0 Å². The van der Waals surface area contributed by atoms with E-state index in [0.717, 1.165) is 38.8 Å². The molecule has 0 aromatic rings. The number of hydrogen-bond acceptors (Lipinski definition) is 6. The van der Waals surface area contributed by atoms with E-state index < -0.39 is 28.5 Å². The van der Waals surface area contributed by atoms with E-state index in [9.17, 15) is 18.0 Å². The van der Waals surface area contributed by atoms with Gasteiger partial charge in [-0.1, -0.05) is 0 Å². The molecule has 4 aliphatic rings. The Kier molecular flexibility index (Phi) is 4.37. The van der Waals surface area contributed by atoms with Crippen molar-refractivity contribution in [3.63, 3.8) is 0 Å². The van der Waals surface area contributed by atoms with Crippen LogP contribution < -0.4 is 10.6 Å². The standard InChI is InChI=1S/C15H24N4O6S/c20-13(17-10-7-15(8-10)3-5-16-6-4-15)12-2-1-11-9-18(12)14(21)19(11)25-26(22,23)24/h10-12,16H,1-9H2,(H,17,20)(H,22,23,24)/t11-,12-/m1/s1. The van der Waals surface area contributed by atoms with Gasteiger partial charge in [0.15, 0.2) is 0 Å². The Morgan fingerprint density at radius 2 is 1.96 bits per heavy atom. The lowest BCUT2D eigenvalue weighted by atomic mass is 9.60. The maximum absolute atomic E-state index is 12.7. The fourth-order valence-corrected chi connectivity index (χ4v) is 5.24. The molecule has 2 bridgehead atoms. The van der Waals surface area contributed by atoms with E-state index in [0.29, 0.717) is 23.3 Å². The zero-order chi connectivity index (χ0) is 18.5. The van der Waals surface area contributed by atoms with Crippen molar-refractivity contribution < 1.29 is 26.8 Å². The molecule has 3 heterocycles. The van der Waals surface area contributed by atoms with Crippen LogP contribution in [0.1, 0.15) is 38.5 Å². The van der Waals surface area contributed by atoms with Crippen LogP contribution in [0, 0.1) is 5.41 Å². The zero-order valence-electron chi connectivity index (χ0n) is 14.4. The van der Waals surface area contributed by atoms with Crippen LogP contribution in [0.25, 0.3) is 0 Å². The summed E-state index contributed by atoms with van der Waals surface area (Å²) in [5.74, 6) is -0.195. The number of hydrogen-bond donors (Lipinski definition) is 3. The summed E-state index contributed by atoms with van der Waals surface area (Å²) in [4.78, 5) is 26.3. The molecule has 4 rings (SSSR count). The summed E-state index contributed by atoms with van der Waals surface area (Å²) in [6.45, 7) is 2.26. The zero-order valence-corrected chi connectivity index (χ0v) is 15.2. The van der Waals surface area contributed by atoms with Gasteiger partial charge in [-0.3, -0.25) is 9.35 Å². The van der Waals surface area contributed by atoms with Crippen LogP contribution in [0.5, 0.6) is 0 Å². The SMILES string of the molecule is O=C(NC1CC2(CCNCC2)C1)[C@H]1CC[C@@H]2CN1C(=O)N2OS(=O)(=O)O. The Morgan fingerprint density at radius 1 is 1.27 bits per heavy atom. The second-order valence-electron chi connectivity index (χ2n) is 7.87. The number of amides is 3. The number of rotatable bonds is 4. The van der Waals surface area contributed by atoms with Gasteiger partial charge in [-0.15, -0.1) is 4.28 Å². The van der Waals surface area contributed by atoms with Gasteiger partial charge in [-0.05, 0) is 57.0 Å². The lowest BCUT2D eigenvalue weighted by Gasteiger charge is -2.51. The van der Waals surface area contributed by atoms with E-state index in [1.54, 1.807) is 0 Å². The van der Waals surface area contributed by atoms with Crippen molar-refractivity contribution in [1.82, 2.24) is 20.6 Å². The lowest BCUT2D eigenvalue weighted by Crippen LogP contribution is -2.58. The molecule has 1 saturated carbocycles. The third kappa shape index (κ3) is 3.28. The van der Waals surface area contributed by atoms with Crippen LogP contribution >= 0.6 is 0 Å². The third-order valence-corrected chi connectivity index (χ3v) is 6.52. The Balaban J connectivity index is 1.34. The van der Waals surface area contributed by atoms with Gasteiger partial charge >= 0.3 is 16.4 Å². The van der Waals surface area contributed by atoms with Gasteiger partial charge in [0.2, 0.25) is 5.91 Å². The van der Waals surface area contributed by atoms with Crippen molar-refractivity contribution in [1.29, 1.82) is 0 Å². The molecule has 3 aliphatic heterocycles. The largest absolute Gasteiger partial charge is 0.418 e. The molecular formula is C15H24N4O6S. The number of hydroxylamine groups is 2. The van der Waals surface area contributed by atoms with Crippen molar-refractivity contribution in [2.24, 2.45) is 5.41 Å². The molecule has 3 saturated heterocycles. The molecule has 11 heteroatoms.